The second kappa shape index (κ2) is 9.30. The molecule has 2 aromatic rings. The van der Waals surface area contributed by atoms with Crippen molar-refractivity contribution in [1.82, 2.24) is 0 Å². The molecule has 2 aromatic carbocycles. The van der Waals surface area contributed by atoms with E-state index in [1.54, 1.807) is 42.5 Å². The second-order valence-electron chi connectivity index (χ2n) is 5.40. The maximum Gasteiger partial charge on any atom is 0.243 e. The number of hydrogen-bond donors (Lipinski definition) is 3. The molecule has 0 fully saturated rings. The number of anilines is 3. The van der Waals surface area contributed by atoms with Crippen LogP contribution < -0.4 is 16.0 Å². The van der Waals surface area contributed by atoms with Gasteiger partial charge < -0.3 is 16.0 Å². The van der Waals surface area contributed by atoms with Crippen LogP contribution in [0, 0.1) is 0 Å². The van der Waals surface area contributed by atoms with E-state index in [1.807, 2.05) is 6.92 Å². The van der Waals surface area contributed by atoms with Crippen molar-refractivity contribution >= 4 is 52.1 Å². The molecule has 0 spiro atoms. The summed E-state index contributed by atoms with van der Waals surface area (Å²) in [4.78, 5) is 23.8. The fourth-order valence-corrected chi connectivity index (χ4v) is 2.38. The van der Waals surface area contributed by atoms with Crippen LogP contribution in [0.5, 0.6) is 0 Å². The zero-order valence-electron chi connectivity index (χ0n) is 13.7. The van der Waals surface area contributed by atoms with E-state index >= 15 is 0 Å². The molecule has 0 radical (unpaired) electrons. The SMILES string of the molecule is CCCC(=O)Nc1ccc(Cl)c(NC(=O)CNc2ccc(Cl)cc2)c1. The molecule has 0 aromatic heterocycles. The molecule has 0 aliphatic carbocycles. The molecular weight excluding hydrogens is 361 g/mol. The van der Waals surface area contributed by atoms with E-state index in [-0.39, 0.29) is 18.4 Å². The number of carbonyl (C=O) groups excluding carboxylic acids is 2. The van der Waals surface area contributed by atoms with Crippen LogP contribution in [0.1, 0.15) is 19.8 Å². The van der Waals surface area contributed by atoms with Gasteiger partial charge >= 0.3 is 0 Å². The van der Waals surface area contributed by atoms with Gasteiger partial charge in [-0.15, -0.1) is 0 Å². The van der Waals surface area contributed by atoms with E-state index in [2.05, 4.69) is 16.0 Å². The molecule has 0 heterocycles. The van der Waals surface area contributed by atoms with Gasteiger partial charge in [-0.1, -0.05) is 30.1 Å². The fraction of sp³-hybridized carbons (Fsp3) is 0.222. The maximum absolute atomic E-state index is 12.1. The van der Waals surface area contributed by atoms with Crippen molar-refractivity contribution in [2.45, 2.75) is 19.8 Å². The molecule has 0 aliphatic heterocycles. The van der Waals surface area contributed by atoms with Crippen molar-refractivity contribution < 1.29 is 9.59 Å². The van der Waals surface area contributed by atoms with Gasteiger partial charge in [0, 0.05) is 22.8 Å². The summed E-state index contributed by atoms with van der Waals surface area (Å²) in [6.07, 6.45) is 1.20. The predicted molar refractivity (Wildman–Crippen MR) is 104 cm³/mol. The van der Waals surface area contributed by atoms with Gasteiger partial charge in [0.15, 0.2) is 0 Å². The number of halogens is 2. The lowest BCUT2D eigenvalue weighted by Crippen LogP contribution is -2.22. The molecule has 3 N–H and O–H groups in total. The van der Waals surface area contributed by atoms with Crippen molar-refractivity contribution in [3.8, 4) is 0 Å². The van der Waals surface area contributed by atoms with Gasteiger partial charge in [-0.3, -0.25) is 9.59 Å². The van der Waals surface area contributed by atoms with Gasteiger partial charge in [-0.05, 0) is 48.9 Å². The van der Waals surface area contributed by atoms with Crippen LogP contribution in [0.4, 0.5) is 17.1 Å². The lowest BCUT2D eigenvalue weighted by atomic mass is 10.2. The minimum Gasteiger partial charge on any atom is -0.376 e. The van der Waals surface area contributed by atoms with E-state index in [1.165, 1.54) is 0 Å². The first kappa shape index (κ1) is 19.1. The number of benzene rings is 2. The van der Waals surface area contributed by atoms with Crippen LogP contribution in [-0.2, 0) is 9.59 Å². The molecule has 132 valence electrons. The Balaban J connectivity index is 1.94. The maximum atomic E-state index is 12.1. The number of carbonyl (C=O) groups is 2. The summed E-state index contributed by atoms with van der Waals surface area (Å²) in [5.74, 6) is -0.333. The largest absolute Gasteiger partial charge is 0.376 e. The van der Waals surface area contributed by atoms with Crippen molar-refractivity contribution in [3.63, 3.8) is 0 Å². The Morgan fingerprint density at radius 3 is 2.28 bits per heavy atom. The molecule has 0 aliphatic rings. The molecule has 0 saturated carbocycles. The van der Waals surface area contributed by atoms with Crippen LogP contribution in [0.3, 0.4) is 0 Å². The zero-order chi connectivity index (χ0) is 18.2. The minimum atomic E-state index is -0.256. The Labute approximate surface area is 156 Å². The first-order valence-electron chi connectivity index (χ1n) is 7.86. The van der Waals surface area contributed by atoms with E-state index in [4.69, 9.17) is 23.2 Å². The number of rotatable bonds is 7. The van der Waals surface area contributed by atoms with Gasteiger partial charge in [0.05, 0.1) is 17.3 Å². The summed E-state index contributed by atoms with van der Waals surface area (Å²) in [7, 11) is 0. The highest BCUT2D eigenvalue weighted by molar-refractivity contribution is 6.34. The van der Waals surface area contributed by atoms with Crippen LogP contribution in [0.2, 0.25) is 10.0 Å². The summed E-state index contributed by atoms with van der Waals surface area (Å²) in [5, 5.41) is 9.51. The third-order valence-electron chi connectivity index (χ3n) is 3.30. The van der Waals surface area contributed by atoms with Crippen LogP contribution in [0.25, 0.3) is 0 Å². The average molecular weight is 380 g/mol. The molecular formula is C18H19Cl2N3O2. The van der Waals surface area contributed by atoms with Crippen LogP contribution >= 0.6 is 23.2 Å². The van der Waals surface area contributed by atoms with E-state index in [9.17, 15) is 9.59 Å². The zero-order valence-corrected chi connectivity index (χ0v) is 15.2. The molecule has 0 unspecified atom stereocenters. The Morgan fingerprint density at radius 1 is 0.920 bits per heavy atom. The Kier molecular flexibility index (Phi) is 7.10. The molecule has 2 amide bonds. The third kappa shape index (κ3) is 6.29. The van der Waals surface area contributed by atoms with Gasteiger partial charge in [0.2, 0.25) is 11.8 Å². The Bertz CT molecular complexity index is 748. The Hall–Kier alpha value is -2.24. The second-order valence-corrected chi connectivity index (χ2v) is 6.25. The minimum absolute atomic E-state index is 0.0738. The molecule has 7 heteroatoms. The number of hydrogen-bond acceptors (Lipinski definition) is 3. The molecule has 0 bridgehead atoms. The summed E-state index contributed by atoms with van der Waals surface area (Å²) in [5.41, 5.74) is 1.81. The van der Waals surface area contributed by atoms with Gasteiger partial charge in [0.25, 0.3) is 0 Å². The first-order chi connectivity index (χ1) is 12.0. The van der Waals surface area contributed by atoms with E-state index in [0.29, 0.717) is 27.8 Å². The summed E-state index contributed by atoms with van der Waals surface area (Å²) in [6, 6.07) is 12.0. The van der Waals surface area contributed by atoms with Crippen molar-refractivity contribution in [2.75, 3.05) is 22.5 Å². The predicted octanol–water partition coefficient (Wildman–Crippen LogP) is 4.78. The van der Waals surface area contributed by atoms with Crippen molar-refractivity contribution in [3.05, 3.63) is 52.5 Å². The topological polar surface area (TPSA) is 70.2 Å². The van der Waals surface area contributed by atoms with Gasteiger partial charge in [-0.25, -0.2) is 0 Å². The molecule has 0 atom stereocenters. The normalized spacial score (nSPS) is 10.2. The standard InChI is InChI=1S/C18H19Cl2N3O2/c1-2-3-17(24)22-14-8-9-15(20)16(10-14)23-18(25)11-21-13-6-4-12(19)5-7-13/h4-10,21H,2-3,11H2,1H3,(H,22,24)(H,23,25). The van der Waals surface area contributed by atoms with Gasteiger partial charge in [-0.2, -0.15) is 0 Å². The smallest absolute Gasteiger partial charge is 0.243 e. The molecule has 0 saturated heterocycles. The summed E-state index contributed by atoms with van der Waals surface area (Å²) in [6.45, 7) is 2.01. The third-order valence-corrected chi connectivity index (χ3v) is 3.88. The molecule has 5 nitrogen and oxygen atoms in total. The summed E-state index contributed by atoms with van der Waals surface area (Å²) < 4.78 is 0. The number of amides is 2. The highest BCUT2D eigenvalue weighted by Gasteiger charge is 2.08. The fourth-order valence-electron chi connectivity index (χ4n) is 2.09. The van der Waals surface area contributed by atoms with Crippen LogP contribution in [-0.4, -0.2) is 18.4 Å². The highest BCUT2D eigenvalue weighted by atomic mass is 35.5. The molecule has 2 rings (SSSR count). The summed E-state index contributed by atoms with van der Waals surface area (Å²) >= 11 is 11.9. The monoisotopic (exact) mass is 379 g/mol. The molecule has 25 heavy (non-hydrogen) atoms. The lowest BCUT2D eigenvalue weighted by Gasteiger charge is -2.11. The Morgan fingerprint density at radius 2 is 1.60 bits per heavy atom. The van der Waals surface area contributed by atoms with E-state index < -0.39 is 0 Å². The highest BCUT2D eigenvalue weighted by Crippen LogP contribution is 2.25. The lowest BCUT2D eigenvalue weighted by molar-refractivity contribution is -0.116. The first-order valence-corrected chi connectivity index (χ1v) is 8.62. The van der Waals surface area contributed by atoms with Gasteiger partial charge in [0.1, 0.15) is 0 Å². The quantitative estimate of drug-likeness (QED) is 0.647. The van der Waals surface area contributed by atoms with Crippen LogP contribution in [0.15, 0.2) is 42.5 Å². The van der Waals surface area contributed by atoms with Crippen molar-refractivity contribution in [1.29, 1.82) is 0 Å². The van der Waals surface area contributed by atoms with E-state index in [0.717, 1.165) is 12.1 Å². The average Bonchev–Trinajstić information content (AvgIpc) is 2.57. The van der Waals surface area contributed by atoms with Crippen molar-refractivity contribution in [2.24, 2.45) is 0 Å². The number of nitrogens with one attached hydrogen (secondary N) is 3.